The molecule has 0 spiro atoms. The van der Waals surface area contributed by atoms with E-state index in [4.69, 9.17) is 0 Å². The van der Waals surface area contributed by atoms with Crippen molar-refractivity contribution in [3.63, 3.8) is 0 Å². The van der Waals surface area contributed by atoms with Crippen LogP contribution in [0.3, 0.4) is 0 Å². The molecule has 0 aromatic carbocycles. The predicted molar refractivity (Wildman–Crippen MR) is 83.9 cm³/mol. The van der Waals surface area contributed by atoms with Crippen LogP contribution in [0.1, 0.15) is 25.3 Å². The Morgan fingerprint density at radius 2 is 2.24 bits per heavy atom. The number of hydrogen-bond acceptors (Lipinski definition) is 4. The van der Waals surface area contributed by atoms with Gasteiger partial charge in [-0.1, -0.05) is 6.92 Å². The van der Waals surface area contributed by atoms with Gasteiger partial charge in [-0.25, -0.2) is 13.4 Å². The van der Waals surface area contributed by atoms with Crippen molar-refractivity contribution in [2.24, 2.45) is 0 Å². The molecular weight excluding hydrogens is 286 g/mol. The van der Waals surface area contributed by atoms with E-state index in [1.807, 2.05) is 16.8 Å². The zero-order chi connectivity index (χ0) is 14.9. The second kappa shape index (κ2) is 5.77. The third-order valence-electron chi connectivity index (χ3n) is 3.96. The maximum atomic E-state index is 11.7. The molecule has 0 atom stereocenters. The van der Waals surface area contributed by atoms with Crippen LogP contribution < -0.4 is 5.32 Å². The van der Waals surface area contributed by atoms with E-state index in [0.717, 1.165) is 17.6 Å². The molecule has 1 N–H and O–H groups in total. The first-order chi connectivity index (χ1) is 10.1. The van der Waals surface area contributed by atoms with Gasteiger partial charge >= 0.3 is 0 Å². The highest BCUT2D eigenvalue weighted by molar-refractivity contribution is 7.91. The van der Waals surface area contributed by atoms with Crippen LogP contribution in [0.15, 0.2) is 24.5 Å². The monoisotopic (exact) mass is 307 g/mol. The van der Waals surface area contributed by atoms with Gasteiger partial charge in [0.25, 0.3) is 0 Å². The van der Waals surface area contributed by atoms with Crippen molar-refractivity contribution in [3.8, 4) is 0 Å². The number of aryl methyl sites for hydroxylation is 1. The van der Waals surface area contributed by atoms with Crippen molar-refractivity contribution in [2.45, 2.75) is 38.9 Å². The summed E-state index contributed by atoms with van der Waals surface area (Å²) in [6.45, 7) is 2.97. The van der Waals surface area contributed by atoms with Gasteiger partial charge in [0.2, 0.25) is 0 Å². The molecule has 1 fully saturated rings. The zero-order valence-corrected chi connectivity index (χ0v) is 13.1. The minimum atomic E-state index is -2.96. The van der Waals surface area contributed by atoms with E-state index >= 15 is 0 Å². The van der Waals surface area contributed by atoms with Crippen LogP contribution in [0.5, 0.6) is 0 Å². The maximum absolute atomic E-state index is 11.7. The highest BCUT2D eigenvalue weighted by atomic mass is 32.2. The number of nitrogens with zero attached hydrogens (tertiary/aromatic N) is 2. The fourth-order valence-corrected chi connectivity index (χ4v) is 3.19. The second-order valence-electron chi connectivity index (χ2n) is 5.61. The van der Waals surface area contributed by atoms with Crippen LogP contribution in [0, 0.1) is 0 Å². The Bertz CT molecular complexity index is 732. The number of hydrogen-bond donors (Lipinski definition) is 1. The molecule has 5 nitrogen and oxygen atoms in total. The van der Waals surface area contributed by atoms with Crippen molar-refractivity contribution in [2.75, 3.05) is 11.5 Å². The van der Waals surface area contributed by atoms with Gasteiger partial charge in [0, 0.05) is 42.7 Å². The molecule has 114 valence electrons. The smallest absolute Gasteiger partial charge is 0.151 e. The summed E-state index contributed by atoms with van der Waals surface area (Å²) in [7, 11) is -2.96. The van der Waals surface area contributed by atoms with Gasteiger partial charge in [-0.05, 0) is 30.5 Å². The molecule has 0 unspecified atom stereocenters. The summed E-state index contributed by atoms with van der Waals surface area (Å²) in [4.78, 5) is 4.41. The van der Waals surface area contributed by atoms with E-state index in [9.17, 15) is 8.42 Å². The van der Waals surface area contributed by atoms with E-state index in [0.29, 0.717) is 12.6 Å². The first-order valence-electron chi connectivity index (χ1n) is 7.45. The Balaban J connectivity index is 1.83. The van der Waals surface area contributed by atoms with Crippen LogP contribution in [0.4, 0.5) is 0 Å². The summed E-state index contributed by atoms with van der Waals surface area (Å²) < 4.78 is 25.4. The lowest BCUT2D eigenvalue weighted by atomic mass is 10.2. The molecule has 21 heavy (non-hydrogen) atoms. The summed E-state index contributed by atoms with van der Waals surface area (Å²) >= 11 is 0. The molecular formula is C15H21N3O2S. The Morgan fingerprint density at radius 3 is 2.95 bits per heavy atom. The SMILES string of the molecule is CCS(=O)(=O)CCn1cc(CNC2CC2)c2cccnc21. The molecule has 0 bridgehead atoms. The van der Waals surface area contributed by atoms with Gasteiger partial charge < -0.3 is 9.88 Å². The summed E-state index contributed by atoms with van der Waals surface area (Å²) in [5.41, 5.74) is 2.07. The maximum Gasteiger partial charge on any atom is 0.151 e. The van der Waals surface area contributed by atoms with Crippen LogP contribution in [-0.4, -0.2) is 35.5 Å². The molecule has 1 aliphatic carbocycles. The largest absolute Gasteiger partial charge is 0.331 e. The minimum Gasteiger partial charge on any atom is -0.331 e. The van der Waals surface area contributed by atoms with Crippen molar-refractivity contribution >= 4 is 20.9 Å². The molecule has 0 aliphatic heterocycles. The molecule has 0 radical (unpaired) electrons. The second-order valence-corrected chi connectivity index (χ2v) is 8.09. The highest BCUT2D eigenvalue weighted by Gasteiger charge is 2.21. The van der Waals surface area contributed by atoms with Gasteiger partial charge in [-0.2, -0.15) is 0 Å². The van der Waals surface area contributed by atoms with Crippen LogP contribution in [0.25, 0.3) is 11.0 Å². The summed E-state index contributed by atoms with van der Waals surface area (Å²) in [5.74, 6) is 0.356. The lowest BCUT2D eigenvalue weighted by Gasteiger charge is -2.04. The van der Waals surface area contributed by atoms with Crippen molar-refractivity contribution in [3.05, 3.63) is 30.1 Å². The Kier molecular flexibility index (Phi) is 3.99. The van der Waals surface area contributed by atoms with Gasteiger partial charge in [0.15, 0.2) is 9.84 Å². The first kappa shape index (κ1) is 14.5. The van der Waals surface area contributed by atoms with Gasteiger partial charge in [-0.3, -0.25) is 0 Å². The predicted octanol–water partition coefficient (Wildman–Crippen LogP) is 1.72. The highest BCUT2D eigenvalue weighted by Crippen LogP contribution is 2.23. The molecule has 6 heteroatoms. The molecule has 2 heterocycles. The van der Waals surface area contributed by atoms with E-state index < -0.39 is 9.84 Å². The van der Waals surface area contributed by atoms with Gasteiger partial charge in [-0.15, -0.1) is 0 Å². The molecule has 2 aromatic heterocycles. The van der Waals surface area contributed by atoms with E-state index in [1.54, 1.807) is 13.1 Å². The Hall–Kier alpha value is -1.40. The van der Waals surface area contributed by atoms with E-state index in [1.165, 1.54) is 18.4 Å². The minimum absolute atomic E-state index is 0.166. The fraction of sp³-hybridized carbons (Fsp3) is 0.533. The fourth-order valence-electron chi connectivity index (χ4n) is 2.43. The van der Waals surface area contributed by atoms with Crippen molar-refractivity contribution < 1.29 is 8.42 Å². The van der Waals surface area contributed by atoms with Gasteiger partial charge in [0.05, 0.1) is 5.75 Å². The molecule has 0 saturated heterocycles. The molecule has 3 rings (SSSR count). The van der Waals surface area contributed by atoms with Crippen molar-refractivity contribution in [1.29, 1.82) is 0 Å². The topological polar surface area (TPSA) is 64.0 Å². The first-order valence-corrected chi connectivity index (χ1v) is 9.28. The number of nitrogens with one attached hydrogen (secondary N) is 1. The molecule has 2 aromatic rings. The standard InChI is InChI=1S/C15H21N3O2S/c1-2-21(19,20)9-8-18-11-12(10-17-13-5-6-13)14-4-3-7-16-15(14)18/h3-4,7,11,13,17H,2,5-6,8-10H2,1H3. The molecule has 1 saturated carbocycles. The quantitative estimate of drug-likeness (QED) is 0.846. The van der Waals surface area contributed by atoms with E-state index in [-0.39, 0.29) is 11.5 Å². The summed E-state index contributed by atoms with van der Waals surface area (Å²) in [6, 6.07) is 4.63. The average molecular weight is 307 g/mol. The van der Waals surface area contributed by atoms with E-state index in [2.05, 4.69) is 16.4 Å². The average Bonchev–Trinajstić information content (AvgIpc) is 3.25. The lowest BCUT2D eigenvalue weighted by molar-refractivity contribution is 0.591. The number of pyridine rings is 1. The summed E-state index contributed by atoms with van der Waals surface area (Å²) in [5, 5.41) is 4.61. The Labute approximate surface area is 125 Å². The van der Waals surface area contributed by atoms with Gasteiger partial charge in [0.1, 0.15) is 5.65 Å². The lowest BCUT2D eigenvalue weighted by Crippen LogP contribution is -2.15. The number of sulfone groups is 1. The number of fused-ring (bicyclic) bond motifs is 1. The number of aromatic nitrogens is 2. The van der Waals surface area contributed by atoms with Crippen molar-refractivity contribution in [1.82, 2.24) is 14.9 Å². The Morgan fingerprint density at radius 1 is 1.43 bits per heavy atom. The third kappa shape index (κ3) is 3.44. The molecule has 0 amide bonds. The zero-order valence-electron chi connectivity index (χ0n) is 12.2. The summed E-state index contributed by atoms with van der Waals surface area (Å²) in [6.07, 6.45) is 6.31. The molecule has 1 aliphatic rings. The van der Waals surface area contributed by atoms with Crippen LogP contribution in [-0.2, 0) is 22.9 Å². The third-order valence-corrected chi connectivity index (χ3v) is 5.64. The normalized spacial score (nSPS) is 15.7. The van der Waals surface area contributed by atoms with Crippen LogP contribution >= 0.6 is 0 Å². The van der Waals surface area contributed by atoms with Crippen LogP contribution in [0.2, 0.25) is 0 Å². The number of rotatable bonds is 7.